The molecule has 174 valence electrons. The van der Waals surface area contributed by atoms with Crippen LogP contribution in [0.2, 0.25) is 0 Å². The fourth-order valence-corrected chi connectivity index (χ4v) is 7.51. The summed E-state index contributed by atoms with van der Waals surface area (Å²) in [6, 6.07) is 22.5. The van der Waals surface area contributed by atoms with Crippen LogP contribution in [0.5, 0.6) is 5.75 Å². The van der Waals surface area contributed by atoms with E-state index in [-0.39, 0.29) is 11.6 Å². The molecular formula is C28H20Br2N2O2S. The Balaban J connectivity index is 1.60. The van der Waals surface area contributed by atoms with Crippen molar-refractivity contribution in [2.75, 3.05) is 7.11 Å². The monoisotopic (exact) mass is 606 g/mol. The first kappa shape index (κ1) is 22.7. The fourth-order valence-electron chi connectivity index (χ4n) is 4.97. The van der Waals surface area contributed by atoms with Gasteiger partial charge >= 0.3 is 0 Å². The number of benzene rings is 3. The number of aryl methyl sites for hydroxylation is 1. The highest BCUT2D eigenvalue weighted by Crippen LogP contribution is 2.41. The van der Waals surface area contributed by atoms with Crippen molar-refractivity contribution in [1.82, 2.24) is 4.57 Å². The molecule has 0 N–H and O–H groups in total. The van der Waals surface area contributed by atoms with Gasteiger partial charge in [0.15, 0.2) is 4.80 Å². The maximum atomic E-state index is 13.8. The molecule has 1 atom stereocenters. The van der Waals surface area contributed by atoms with E-state index in [1.165, 1.54) is 28.0 Å². The Bertz CT molecular complexity index is 1660. The first-order valence-electron chi connectivity index (χ1n) is 11.3. The van der Waals surface area contributed by atoms with Crippen LogP contribution in [0.15, 0.2) is 91.0 Å². The van der Waals surface area contributed by atoms with Crippen LogP contribution >= 0.6 is 43.2 Å². The van der Waals surface area contributed by atoms with E-state index in [9.17, 15) is 4.79 Å². The summed E-state index contributed by atoms with van der Waals surface area (Å²) >= 11 is 8.57. The van der Waals surface area contributed by atoms with Crippen molar-refractivity contribution in [2.24, 2.45) is 4.99 Å². The number of methoxy groups -OCH3 is 1. The number of aromatic nitrogens is 1. The Morgan fingerprint density at radius 3 is 2.49 bits per heavy atom. The van der Waals surface area contributed by atoms with Crippen LogP contribution in [0.25, 0.3) is 11.8 Å². The summed E-state index contributed by atoms with van der Waals surface area (Å²) in [6.45, 7) is 0. The van der Waals surface area contributed by atoms with Crippen molar-refractivity contribution in [1.29, 1.82) is 0 Å². The second-order valence-electron chi connectivity index (χ2n) is 8.54. The smallest absolute Gasteiger partial charge is 0.271 e. The lowest BCUT2D eigenvalue weighted by atomic mass is 9.83. The molecule has 0 bridgehead atoms. The number of fused-ring (bicyclic) bond motifs is 3. The van der Waals surface area contributed by atoms with E-state index in [2.05, 4.69) is 68.3 Å². The number of ether oxygens (including phenoxy) is 1. The third-order valence-corrected chi connectivity index (χ3v) is 8.67. The zero-order chi connectivity index (χ0) is 24.1. The minimum absolute atomic E-state index is 0.0175. The van der Waals surface area contributed by atoms with Crippen molar-refractivity contribution in [3.05, 3.63) is 123 Å². The average molecular weight is 608 g/mol. The third kappa shape index (κ3) is 3.86. The SMILES string of the molecule is COc1c(Br)cc(/C=c2\sc3n(c2=O)[C@@H](c2ccccc2)C2=C(N=3)c3ccccc3CC2)cc1Br. The minimum Gasteiger partial charge on any atom is -0.494 e. The van der Waals surface area contributed by atoms with Crippen LogP contribution in [0.1, 0.15) is 34.7 Å². The quantitative estimate of drug-likeness (QED) is 0.293. The van der Waals surface area contributed by atoms with Crippen LogP contribution in [0, 0.1) is 0 Å². The Labute approximate surface area is 223 Å². The lowest BCUT2D eigenvalue weighted by Crippen LogP contribution is -2.38. The summed E-state index contributed by atoms with van der Waals surface area (Å²) in [5.74, 6) is 0.721. The third-order valence-electron chi connectivity index (χ3n) is 6.51. The van der Waals surface area contributed by atoms with Crippen molar-refractivity contribution in [2.45, 2.75) is 18.9 Å². The van der Waals surface area contributed by atoms with Gasteiger partial charge < -0.3 is 4.74 Å². The molecule has 35 heavy (non-hydrogen) atoms. The number of thiazole rings is 1. The molecule has 1 aliphatic heterocycles. The average Bonchev–Trinajstić information content (AvgIpc) is 3.17. The molecular weight excluding hydrogens is 588 g/mol. The van der Waals surface area contributed by atoms with Gasteiger partial charge in [-0.25, -0.2) is 4.99 Å². The number of rotatable bonds is 3. The predicted octanol–water partition coefficient (Wildman–Crippen LogP) is 5.85. The van der Waals surface area contributed by atoms with Crippen LogP contribution in [0.3, 0.4) is 0 Å². The number of nitrogens with zero attached hydrogens (tertiary/aromatic N) is 2. The molecule has 2 aliphatic rings. The highest BCUT2D eigenvalue weighted by Gasteiger charge is 2.32. The van der Waals surface area contributed by atoms with Crippen molar-refractivity contribution in [3.63, 3.8) is 0 Å². The molecule has 6 rings (SSSR count). The Kier molecular flexibility index (Phi) is 5.87. The molecule has 4 aromatic rings. The summed E-state index contributed by atoms with van der Waals surface area (Å²) in [4.78, 5) is 19.6. The Hall–Kier alpha value is -2.74. The zero-order valence-corrected chi connectivity index (χ0v) is 22.8. The second kappa shape index (κ2) is 9.04. The van der Waals surface area contributed by atoms with Gasteiger partial charge in [0.1, 0.15) is 5.75 Å². The Morgan fingerprint density at radius 1 is 1.03 bits per heavy atom. The number of hydrogen-bond acceptors (Lipinski definition) is 4. The number of halogens is 2. The van der Waals surface area contributed by atoms with E-state index in [1.807, 2.05) is 41.0 Å². The largest absolute Gasteiger partial charge is 0.494 e. The van der Waals surface area contributed by atoms with E-state index >= 15 is 0 Å². The molecule has 0 saturated heterocycles. The predicted molar refractivity (Wildman–Crippen MR) is 148 cm³/mol. The van der Waals surface area contributed by atoms with Crippen molar-refractivity contribution >= 4 is 55.0 Å². The standard InChI is InChI=1S/C28H20Br2N2O2S/c1-34-26-21(29)13-16(14-22(26)30)15-23-27(33)32-25(18-8-3-2-4-9-18)20-12-11-17-7-5-6-10-19(17)24(20)31-28(32)35-23/h2-10,13-15,25H,11-12H2,1H3/b23-15-/t25-/m0/s1. The van der Waals surface area contributed by atoms with Gasteiger partial charge in [-0.2, -0.15) is 0 Å². The van der Waals surface area contributed by atoms with E-state index < -0.39 is 0 Å². The van der Waals surface area contributed by atoms with Gasteiger partial charge in [0, 0.05) is 5.56 Å². The summed E-state index contributed by atoms with van der Waals surface area (Å²) < 4.78 is 9.60. The topological polar surface area (TPSA) is 43.6 Å². The maximum absolute atomic E-state index is 13.8. The van der Waals surface area contributed by atoms with Crippen LogP contribution in [-0.2, 0) is 6.42 Å². The fraction of sp³-hybridized carbons (Fsp3) is 0.143. The highest BCUT2D eigenvalue weighted by atomic mass is 79.9. The lowest BCUT2D eigenvalue weighted by molar-refractivity contribution is 0.409. The molecule has 3 aromatic carbocycles. The van der Waals surface area contributed by atoms with Crippen LogP contribution < -0.4 is 19.6 Å². The molecule has 4 nitrogen and oxygen atoms in total. The van der Waals surface area contributed by atoms with Gasteiger partial charge in [0.05, 0.1) is 32.3 Å². The van der Waals surface area contributed by atoms with Crippen molar-refractivity contribution in [3.8, 4) is 5.75 Å². The molecule has 1 aliphatic carbocycles. The normalized spacial score (nSPS) is 16.9. The van der Waals surface area contributed by atoms with Gasteiger partial charge in [0.2, 0.25) is 0 Å². The summed E-state index contributed by atoms with van der Waals surface area (Å²) in [7, 11) is 1.63. The van der Waals surface area contributed by atoms with E-state index in [0.29, 0.717) is 4.53 Å². The van der Waals surface area contributed by atoms with Gasteiger partial charge in [-0.15, -0.1) is 0 Å². The highest BCUT2D eigenvalue weighted by molar-refractivity contribution is 9.11. The first-order chi connectivity index (χ1) is 17.0. The van der Waals surface area contributed by atoms with E-state index in [4.69, 9.17) is 9.73 Å². The van der Waals surface area contributed by atoms with E-state index in [1.54, 1.807) is 7.11 Å². The maximum Gasteiger partial charge on any atom is 0.271 e. The van der Waals surface area contributed by atoms with Gasteiger partial charge in [-0.3, -0.25) is 9.36 Å². The first-order valence-corrected chi connectivity index (χ1v) is 13.7. The number of hydrogen-bond donors (Lipinski definition) is 0. The minimum atomic E-state index is -0.160. The molecule has 0 saturated carbocycles. The molecule has 1 aromatic heterocycles. The van der Waals surface area contributed by atoms with Crippen LogP contribution in [-0.4, -0.2) is 11.7 Å². The molecule has 7 heteroatoms. The van der Waals surface area contributed by atoms with Gasteiger partial charge in [-0.05, 0) is 85.2 Å². The van der Waals surface area contributed by atoms with E-state index in [0.717, 1.165) is 49.2 Å². The molecule has 0 spiro atoms. The molecule has 0 fully saturated rings. The Morgan fingerprint density at radius 2 is 1.74 bits per heavy atom. The molecule has 0 unspecified atom stereocenters. The lowest BCUT2D eigenvalue weighted by Gasteiger charge is -2.30. The summed E-state index contributed by atoms with van der Waals surface area (Å²) in [5, 5.41) is 0. The zero-order valence-electron chi connectivity index (χ0n) is 18.8. The van der Waals surface area contributed by atoms with Gasteiger partial charge in [-0.1, -0.05) is 65.9 Å². The summed E-state index contributed by atoms with van der Waals surface area (Å²) in [5.41, 5.74) is 6.71. The van der Waals surface area contributed by atoms with Gasteiger partial charge in [0.25, 0.3) is 5.56 Å². The molecule has 0 radical (unpaired) electrons. The van der Waals surface area contributed by atoms with Crippen molar-refractivity contribution < 1.29 is 4.74 Å². The molecule has 2 heterocycles. The molecule has 0 amide bonds. The van der Waals surface area contributed by atoms with Crippen LogP contribution in [0.4, 0.5) is 0 Å². The summed E-state index contributed by atoms with van der Waals surface area (Å²) in [6.07, 6.45) is 3.77. The number of allylic oxidation sites excluding steroid dienone is 1. The second-order valence-corrected chi connectivity index (χ2v) is 11.3.